The lowest BCUT2D eigenvalue weighted by Gasteiger charge is -2.17. The summed E-state index contributed by atoms with van der Waals surface area (Å²) in [6, 6.07) is 13.3. The quantitative estimate of drug-likeness (QED) is 0.298. The van der Waals surface area contributed by atoms with Crippen LogP contribution in [-0.4, -0.2) is 46.2 Å². The van der Waals surface area contributed by atoms with E-state index in [4.69, 9.17) is 34.8 Å². The Labute approximate surface area is 212 Å². The third-order valence-corrected chi connectivity index (χ3v) is 7.52. The summed E-state index contributed by atoms with van der Waals surface area (Å²) in [4.78, 5) is 23.3. The zero-order valence-electron chi connectivity index (χ0n) is 17.8. The van der Waals surface area contributed by atoms with Crippen LogP contribution in [-0.2, 0) is 11.3 Å². The maximum Gasteiger partial charge on any atom is 0.230 e. The summed E-state index contributed by atoms with van der Waals surface area (Å²) >= 11 is 19.5. The summed E-state index contributed by atoms with van der Waals surface area (Å²) in [7, 11) is 0. The number of amides is 1. The second-order valence-electron chi connectivity index (χ2n) is 7.98. The molecule has 1 atom stereocenters. The summed E-state index contributed by atoms with van der Waals surface area (Å²) < 4.78 is 0. The number of carbonyl (C=O) groups excluding carboxylic acids is 1. The molecule has 0 aliphatic carbocycles. The molecule has 0 saturated carbocycles. The molecule has 1 aliphatic heterocycles. The van der Waals surface area contributed by atoms with Gasteiger partial charge in [0.1, 0.15) is 11.4 Å². The highest BCUT2D eigenvalue weighted by atomic mass is 35.5. The molecule has 1 amide bonds. The number of nitrogens with one attached hydrogen (secondary N) is 1. The van der Waals surface area contributed by atoms with Crippen LogP contribution in [0.5, 0.6) is 0 Å². The number of benzene rings is 2. The second kappa shape index (κ2) is 11.5. The predicted octanol–water partition coefficient (Wildman–Crippen LogP) is 5.83. The molecule has 3 aromatic rings. The van der Waals surface area contributed by atoms with Crippen molar-refractivity contribution in [3.8, 4) is 11.1 Å². The molecule has 1 unspecified atom stereocenters. The van der Waals surface area contributed by atoms with Gasteiger partial charge < -0.3 is 5.32 Å². The van der Waals surface area contributed by atoms with Crippen molar-refractivity contribution in [2.45, 2.75) is 18.0 Å². The minimum absolute atomic E-state index is 0.00333. The maximum atomic E-state index is 12.5. The number of carbonyl (C=O) groups is 1. The van der Waals surface area contributed by atoms with Gasteiger partial charge in [-0.3, -0.25) is 9.69 Å². The molecule has 33 heavy (non-hydrogen) atoms. The van der Waals surface area contributed by atoms with E-state index in [-0.39, 0.29) is 5.91 Å². The largest absolute Gasteiger partial charge is 0.355 e. The van der Waals surface area contributed by atoms with Crippen molar-refractivity contribution < 1.29 is 4.79 Å². The van der Waals surface area contributed by atoms with Crippen LogP contribution in [0.15, 0.2) is 60.0 Å². The van der Waals surface area contributed by atoms with Crippen LogP contribution in [0.1, 0.15) is 12.0 Å². The van der Waals surface area contributed by atoms with E-state index in [9.17, 15) is 4.79 Å². The van der Waals surface area contributed by atoms with Crippen molar-refractivity contribution in [3.05, 3.63) is 75.6 Å². The van der Waals surface area contributed by atoms with E-state index in [2.05, 4.69) is 20.2 Å². The average Bonchev–Trinajstić information content (AvgIpc) is 3.27. The summed E-state index contributed by atoms with van der Waals surface area (Å²) in [5.74, 6) is 0.742. The first-order valence-corrected chi connectivity index (χ1v) is 12.7. The number of hydrogen-bond donors (Lipinski definition) is 1. The smallest absolute Gasteiger partial charge is 0.230 e. The van der Waals surface area contributed by atoms with Gasteiger partial charge >= 0.3 is 0 Å². The van der Waals surface area contributed by atoms with Crippen molar-refractivity contribution in [2.24, 2.45) is 5.92 Å². The Balaban J connectivity index is 1.24. The van der Waals surface area contributed by atoms with Gasteiger partial charge in [-0.05, 0) is 54.3 Å². The van der Waals surface area contributed by atoms with Gasteiger partial charge in [0.15, 0.2) is 0 Å². The Bertz CT molecular complexity index is 1110. The first-order chi connectivity index (χ1) is 16.0. The number of rotatable bonds is 8. The SMILES string of the molecule is O=C(CSc1ncncc1-c1ccc(Cl)cc1)NCC1CCN(Cc2ccc(Cl)c(Cl)c2)C1. The highest BCUT2D eigenvalue weighted by Gasteiger charge is 2.23. The van der Waals surface area contributed by atoms with Gasteiger partial charge in [-0.25, -0.2) is 9.97 Å². The number of hydrogen-bond acceptors (Lipinski definition) is 5. The van der Waals surface area contributed by atoms with Gasteiger partial charge in [-0.1, -0.05) is 64.8 Å². The molecule has 0 bridgehead atoms. The predicted molar refractivity (Wildman–Crippen MR) is 136 cm³/mol. The van der Waals surface area contributed by atoms with Gasteiger partial charge in [0.05, 0.1) is 15.8 Å². The van der Waals surface area contributed by atoms with E-state index >= 15 is 0 Å². The van der Waals surface area contributed by atoms with Crippen molar-refractivity contribution in [2.75, 3.05) is 25.4 Å². The monoisotopic (exact) mass is 520 g/mol. The summed E-state index contributed by atoms with van der Waals surface area (Å²) in [6.07, 6.45) is 4.32. The Morgan fingerprint density at radius 1 is 1.12 bits per heavy atom. The molecule has 1 fully saturated rings. The van der Waals surface area contributed by atoms with Crippen LogP contribution in [0.3, 0.4) is 0 Å². The Hall–Kier alpha value is -1.83. The van der Waals surface area contributed by atoms with Crippen LogP contribution in [0.2, 0.25) is 15.1 Å². The van der Waals surface area contributed by atoms with E-state index < -0.39 is 0 Å². The number of nitrogens with zero attached hydrogens (tertiary/aromatic N) is 3. The molecule has 5 nitrogen and oxygen atoms in total. The van der Waals surface area contributed by atoms with E-state index in [1.165, 1.54) is 18.1 Å². The maximum absolute atomic E-state index is 12.5. The average molecular weight is 522 g/mol. The zero-order chi connectivity index (χ0) is 23.2. The number of likely N-dealkylation sites (tertiary alicyclic amines) is 1. The summed E-state index contributed by atoms with van der Waals surface area (Å²) in [6.45, 7) is 3.45. The Kier molecular flexibility index (Phi) is 8.50. The van der Waals surface area contributed by atoms with Gasteiger partial charge in [-0.2, -0.15) is 0 Å². The van der Waals surface area contributed by atoms with Gasteiger partial charge in [0, 0.05) is 36.4 Å². The molecule has 9 heteroatoms. The third-order valence-electron chi connectivity index (χ3n) is 5.52. The van der Waals surface area contributed by atoms with Crippen LogP contribution in [0.25, 0.3) is 11.1 Å². The highest BCUT2D eigenvalue weighted by Crippen LogP contribution is 2.29. The normalized spacial score (nSPS) is 16.2. The van der Waals surface area contributed by atoms with Crippen LogP contribution in [0, 0.1) is 5.92 Å². The zero-order valence-corrected chi connectivity index (χ0v) is 20.9. The molecule has 2 aromatic carbocycles. The van der Waals surface area contributed by atoms with Crippen LogP contribution < -0.4 is 5.32 Å². The molecule has 172 valence electrons. The molecule has 0 radical (unpaired) electrons. The molecular weight excluding hydrogens is 499 g/mol. The minimum Gasteiger partial charge on any atom is -0.355 e. The number of aromatic nitrogens is 2. The van der Waals surface area contributed by atoms with Crippen molar-refractivity contribution in [1.29, 1.82) is 0 Å². The van der Waals surface area contributed by atoms with E-state index in [1.807, 2.05) is 42.5 Å². The standard InChI is InChI=1S/C24H23Cl3N4OS/c25-19-4-2-18(3-5-19)20-11-28-15-30-24(20)33-14-23(32)29-10-17-7-8-31(13-17)12-16-1-6-21(26)22(27)9-16/h1-6,9,11,15,17H,7-8,10,12-14H2,(H,29,32). The Morgan fingerprint density at radius 2 is 1.94 bits per heavy atom. The fourth-order valence-corrected chi connectivity index (χ4v) is 5.09. The molecule has 1 saturated heterocycles. The van der Waals surface area contributed by atoms with Crippen LogP contribution >= 0.6 is 46.6 Å². The van der Waals surface area contributed by atoms with Crippen molar-refractivity contribution in [3.63, 3.8) is 0 Å². The lowest BCUT2D eigenvalue weighted by molar-refractivity contribution is -0.118. The topological polar surface area (TPSA) is 58.1 Å². The van der Waals surface area contributed by atoms with Gasteiger partial charge in [0.2, 0.25) is 5.91 Å². The van der Waals surface area contributed by atoms with Crippen molar-refractivity contribution >= 4 is 52.5 Å². The lowest BCUT2D eigenvalue weighted by atomic mass is 10.1. The van der Waals surface area contributed by atoms with E-state index in [0.29, 0.717) is 33.3 Å². The fraction of sp³-hybridized carbons (Fsp3) is 0.292. The highest BCUT2D eigenvalue weighted by molar-refractivity contribution is 8.00. The van der Waals surface area contributed by atoms with Crippen LogP contribution in [0.4, 0.5) is 0 Å². The second-order valence-corrected chi connectivity index (χ2v) is 10.2. The third kappa shape index (κ3) is 6.84. The Morgan fingerprint density at radius 3 is 2.73 bits per heavy atom. The first kappa shape index (κ1) is 24.3. The molecule has 2 heterocycles. The molecule has 0 spiro atoms. The molecular formula is C24H23Cl3N4OS. The summed E-state index contributed by atoms with van der Waals surface area (Å²) in [5, 5.41) is 5.68. The summed E-state index contributed by atoms with van der Waals surface area (Å²) in [5.41, 5.74) is 3.00. The molecule has 4 rings (SSSR count). The number of halogens is 3. The lowest BCUT2D eigenvalue weighted by Crippen LogP contribution is -2.32. The minimum atomic E-state index is 0.00333. The first-order valence-electron chi connectivity index (χ1n) is 10.6. The van der Waals surface area contributed by atoms with E-state index in [0.717, 1.165) is 47.8 Å². The van der Waals surface area contributed by atoms with Crippen molar-refractivity contribution in [1.82, 2.24) is 20.2 Å². The van der Waals surface area contributed by atoms with E-state index in [1.54, 1.807) is 6.20 Å². The number of thioether (sulfide) groups is 1. The fourth-order valence-electron chi connectivity index (χ4n) is 3.82. The van der Waals surface area contributed by atoms with Gasteiger partial charge in [-0.15, -0.1) is 0 Å². The van der Waals surface area contributed by atoms with Gasteiger partial charge in [0.25, 0.3) is 0 Å². The molecule has 1 N–H and O–H groups in total. The molecule has 1 aromatic heterocycles. The molecule has 1 aliphatic rings.